The van der Waals surface area contributed by atoms with E-state index in [1.54, 1.807) is 6.08 Å². The summed E-state index contributed by atoms with van der Waals surface area (Å²) in [6.45, 7) is 0. The maximum absolute atomic E-state index is 13.9. The molecule has 1 aliphatic heterocycles. The molecule has 3 heterocycles. The fourth-order valence-corrected chi connectivity index (χ4v) is 4.92. The van der Waals surface area contributed by atoms with E-state index < -0.39 is 35.6 Å². The highest BCUT2D eigenvalue weighted by atomic mass is 32.1. The van der Waals surface area contributed by atoms with Crippen molar-refractivity contribution in [1.29, 1.82) is 0 Å². The van der Waals surface area contributed by atoms with Gasteiger partial charge in [0.1, 0.15) is 17.4 Å². The van der Waals surface area contributed by atoms with Crippen molar-refractivity contribution in [3.63, 3.8) is 0 Å². The summed E-state index contributed by atoms with van der Waals surface area (Å²) in [4.78, 5) is 17.6. The number of nitrogens with zero attached hydrogens (tertiary/aromatic N) is 3. The molecule has 0 saturated carbocycles. The minimum atomic E-state index is -4.83. The van der Waals surface area contributed by atoms with E-state index in [0.717, 1.165) is 21.7 Å². The predicted molar refractivity (Wildman–Crippen MR) is 101 cm³/mol. The van der Waals surface area contributed by atoms with Crippen LogP contribution in [0, 0.1) is 17.6 Å². The summed E-state index contributed by atoms with van der Waals surface area (Å²) in [5, 5.41) is 8.18. The predicted octanol–water partition coefficient (Wildman–Crippen LogP) is 4.91. The monoisotopic (exact) mass is 452 g/mol. The summed E-state index contributed by atoms with van der Waals surface area (Å²) in [5.74, 6) is -4.97. The Bertz CT molecular complexity index is 1180. The van der Waals surface area contributed by atoms with Gasteiger partial charge in [-0.05, 0) is 29.1 Å². The molecule has 0 saturated heterocycles. The highest BCUT2D eigenvalue weighted by molar-refractivity contribution is 7.10. The molecule has 0 amide bonds. The fraction of sp³-hybridized carbons (Fsp3) is 0.250. The molecule has 31 heavy (non-hydrogen) atoms. The summed E-state index contributed by atoms with van der Waals surface area (Å²) < 4.78 is 68.6. The highest BCUT2D eigenvalue weighted by Crippen LogP contribution is 2.45. The van der Waals surface area contributed by atoms with Crippen LogP contribution >= 0.6 is 11.3 Å². The molecule has 1 aliphatic carbocycles. The van der Waals surface area contributed by atoms with Crippen LogP contribution in [-0.4, -0.2) is 20.5 Å². The topological polar surface area (TPSA) is 59.8 Å². The van der Waals surface area contributed by atoms with Crippen LogP contribution in [0.15, 0.2) is 47.5 Å². The molecule has 3 atom stereocenters. The highest BCUT2D eigenvalue weighted by Gasteiger charge is 2.46. The molecule has 0 unspecified atom stereocenters. The van der Waals surface area contributed by atoms with Gasteiger partial charge in [-0.15, -0.1) is 16.4 Å². The van der Waals surface area contributed by atoms with Crippen LogP contribution in [0.5, 0.6) is 0 Å². The number of ketones is 1. The van der Waals surface area contributed by atoms with Gasteiger partial charge in [-0.3, -0.25) is 4.79 Å². The van der Waals surface area contributed by atoms with E-state index in [4.69, 9.17) is 0 Å². The van der Waals surface area contributed by atoms with Gasteiger partial charge in [0, 0.05) is 29.0 Å². The molecule has 0 bridgehead atoms. The zero-order valence-electron chi connectivity index (χ0n) is 15.5. The minimum Gasteiger partial charge on any atom is -0.328 e. The number of rotatable bonds is 2. The lowest BCUT2D eigenvalue weighted by molar-refractivity contribution is -0.145. The molecule has 5 nitrogen and oxygen atoms in total. The summed E-state index contributed by atoms with van der Waals surface area (Å²) in [7, 11) is 0. The van der Waals surface area contributed by atoms with Gasteiger partial charge in [-0.1, -0.05) is 12.1 Å². The molecular weight excluding hydrogens is 439 g/mol. The average Bonchev–Trinajstić information content (AvgIpc) is 3.34. The maximum atomic E-state index is 13.9. The summed E-state index contributed by atoms with van der Waals surface area (Å²) >= 11 is 1.46. The molecule has 0 radical (unpaired) electrons. The number of carbonyl (C=O) groups is 1. The van der Waals surface area contributed by atoms with E-state index in [-0.39, 0.29) is 29.6 Å². The number of alkyl halides is 3. The van der Waals surface area contributed by atoms with Gasteiger partial charge in [0.05, 0.1) is 12.0 Å². The fourth-order valence-electron chi connectivity index (χ4n) is 4.12. The molecule has 3 aromatic rings. The van der Waals surface area contributed by atoms with Crippen LogP contribution in [0.2, 0.25) is 0 Å². The number of halogens is 5. The van der Waals surface area contributed by atoms with Gasteiger partial charge in [0.25, 0.3) is 5.82 Å². The molecular formula is C20H13F5N4OS. The number of benzene rings is 1. The number of hydrogen-bond acceptors (Lipinski definition) is 5. The van der Waals surface area contributed by atoms with E-state index in [0.29, 0.717) is 11.8 Å². The number of thiophene rings is 1. The van der Waals surface area contributed by atoms with Crippen molar-refractivity contribution < 1.29 is 26.7 Å². The van der Waals surface area contributed by atoms with Gasteiger partial charge in [0.2, 0.25) is 5.95 Å². The molecule has 0 fully saturated rings. The van der Waals surface area contributed by atoms with Gasteiger partial charge < -0.3 is 5.32 Å². The lowest BCUT2D eigenvalue weighted by atomic mass is 9.77. The third kappa shape index (κ3) is 3.42. The molecule has 11 heteroatoms. The Labute approximate surface area is 176 Å². The van der Waals surface area contributed by atoms with Gasteiger partial charge in [-0.25, -0.2) is 13.5 Å². The summed E-state index contributed by atoms with van der Waals surface area (Å²) in [6, 6.07) is 5.18. The van der Waals surface area contributed by atoms with Crippen molar-refractivity contribution in [2.24, 2.45) is 5.92 Å². The van der Waals surface area contributed by atoms with Crippen molar-refractivity contribution in [1.82, 2.24) is 14.8 Å². The smallest absolute Gasteiger partial charge is 0.328 e. The number of aromatic nitrogens is 3. The lowest BCUT2D eigenvalue weighted by Crippen LogP contribution is -2.40. The van der Waals surface area contributed by atoms with Crippen LogP contribution in [0.1, 0.15) is 34.6 Å². The van der Waals surface area contributed by atoms with Gasteiger partial charge in [0.15, 0.2) is 0 Å². The van der Waals surface area contributed by atoms with Crippen LogP contribution in [-0.2, 0) is 11.0 Å². The molecule has 1 N–H and O–H groups in total. The number of nitrogens with one attached hydrogen (secondary N) is 1. The number of anilines is 1. The first kappa shape index (κ1) is 19.9. The van der Waals surface area contributed by atoms with Crippen molar-refractivity contribution in [2.75, 3.05) is 5.32 Å². The van der Waals surface area contributed by atoms with Crippen LogP contribution in [0.3, 0.4) is 0 Å². The van der Waals surface area contributed by atoms with Gasteiger partial charge in [-0.2, -0.15) is 18.2 Å². The molecule has 5 rings (SSSR count). The Kier molecular flexibility index (Phi) is 4.47. The summed E-state index contributed by atoms with van der Waals surface area (Å²) in [6.07, 6.45) is -2.94. The maximum Gasteiger partial charge on any atom is 0.453 e. The Morgan fingerprint density at radius 1 is 1.16 bits per heavy atom. The van der Waals surface area contributed by atoms with Crippen LogP contribution in [0.4, 0.5) is 27.9 Å². The zero-order valence-corrected chi connectivity index (χ0v) is 16.3. The Morgan fingerprint density at radius 3 is 2.55 bits per heavy atom. The standard InChI is InChI=1S/C20H13F5N4OS/c21-11-4-10(5-12(22)8-11)17-16-13(6-9(7-14(16)30)15-2-1-3-31-15)26-19-27-18(20(23,24)25)28-29(17)19/h1-6,8-9,16-17H,7H2,(H,26,27,28)/t9-,16+,17+/m0/s1. The largest absolute Gasteiger partial charge is 0.453 e. The van der Waals surface area contributed by atoms with Gasteiger partial charge >= 0.3 is 6.18 Å². The average molecular weight is 452 g/mol. The second-order valence-electron chi connectivity index (χ2n) is 7.37. The SMILES string of the molecule is O=C1C[C@@H](c2cccs2)C=C2Nc3nc(C(F)(F)F)nn3[C@H](c3cc(F)cc(F)c3)[C@@H]12. The second-order valence-corrected chi connectivity index (χ2v) is 8.35. The molecule has 2 aromatic heterocycles. The summed E-state index contributed by atoms with van der Waals surface area (Å²) in [5.41, 5.74) is 0.343. The van der Waals surface area contributed by atoms with Crippen molar-refractivity contribution in [3.8, 4) is 0 Å². The number of allylic oxidation sites excluding steroid dienone is 2. The van der Waals surface area contributed by atoms with Crippen molar-refractivity contribution >= 4 is 23.1 Å². The second kappa shape index (κ2) is 6.98. The molecule has 1 aromatic carbocycles. The normalized spacial score (nSPS) is 23.1. The minimum absolute atomic E-state index is 0.00213. The Morgan fingerprint density at radius 2 is 1.90 bits per heavy atom. The third-order valence-electron chi connectivity index (χ3n) is 5.34. The Balaban J connectivity index is 1.69. The number of fused-ring (bicyclic) bond motifs is 2. The molecule has 160 valence electrons. The number of carbonyl (C=O) groups excluding carboxylic acids is 1. The van der Waals surface area contributed by atoms with E-state index in [2.05, 4.69) is 15.4 Å². The number of hydrogen-bond donors (Lipinski definition) is 1. The van der Waals surface area contributed by atoms with E-state index in [1.165, 1.54) is 11.3 Å². The quantitative estimate of drug-likeness (QED) is 0.562. The van der Waals surface area contributed by atoms with Crippen molar-refractivity contribution in [2.45, 2.75) is 24.6 Å². The van der Waals surface area contributed by atoms with E-state index in [1.807, 2.05) is 17.5 Å². The van der Waals surface area contributed by atoms with E-state index >= 15 is 0 Å². The Hall–Kier alpha value is -3.08. The zero-order chi connectivity index (χ0) is 21.9. The molecule has 2 aliphatic rings. The van der Waals surface area contributed by atoms with Crippen LogP contribution in [0.25, 0.3) is 0 Å². The number of Topliss-reactive ketones (excluding diaryl/α,β-unsaturated/α-hetero) is 1. The third-order valence-corrected chi connectivity index (χ3v) is 6.34. The van der Waals surface area contributed by atoms with E-state index in [9.17, 15) is 26.7 Å². The molecule has 0 spiro atoms. The van der Waals surface area contributed by atoms with Crippen molar-refractivity contribution in [3.05, 3.63) is 75.4 Å². The lowest BCUT2D eigenvalue weighted by Gasteiger charge is -2.37. The first-order chi connectivity index (χ1) is 14.7. The first-order valence-corrected chi connectivity index (χ1v) is 10.1. The first-order valence-electron chi connectivity index (χ1n) is 9.25. The van der Waals surface area contributed by atoms with Crippen LogP contribution < -0.4 is 5.32 Å².